The van der Waals surface area contributed by atoms with Gasteiger partial charge in [0, 0.05) is 29.0 Å². The fourth-order valence-electron chi connectivity index (χ4n) is 5.79. The molecule has 3 unspecified atom stereocenters. The number of Topliss-reactive ketones (excluding diaryl/α,β-unsaturated/α-hetero) is 1. The molecule has 3 aromatic rings. The van der Waals surface area contributed by atoms with Crippen molar-refractivity contribution in [2.45, 2.75) is 17.8 Å². The van der Waals surface area contributed by atoms with Crippen LogP contribution in [-0.4, -0.2) is 23.8 Å². The normalized spacial score (nSPS) is 23.7. The van der Waals surface area contributed by atoms with Crippen LogP contribution in [0.3, 0.4) is 0 Å². The standard InChI is InChI=1S/C31H26O4/c1-3-20-14-17-26-30(34)25(21-10-6-4-7-11-21)19-28(33)31(26,22-12-8-5-9-13-22)29(20)24-16-15-23(32)18-27(24)35-2/h3-16,18-19,26,29,32H,1,17H2,2H3. The first-order valence-corrected chi connectivity index (χ1v) is 11.6. The van der Waals surface area contributed by atoms with E-state index < -0.39 is 17.3 Å². The number of carbonyl (C=O) groups excluding carboxylic acids is 2. The number of phenolic OH excluding ortho intramolecular Hbond substituents is 1. The molecule has 1 N–H and O–H groups in total. The molecule has 0 bridgehead atoms. The van der Waals surface area contributed by atoms with Gasteiger partial charge < -0.3 is 9.84 Å². The topological polar surface area (TPSA) is 63.6 Å². The Kier molecular flexibility index (Phi) is 5.73. The highest BCUT2D eigenvalue weighted by atomic mass is 16.5. The number of carbonyl (C=O) groups is 2. The molecule has 0 aliphatic heterocycles. The Labute approximate surface area is 204 Å². The van der Waals surface area contributed by atoms with E-state index in [1.807, 2.05) is 66.7 Å². The van der Waals surface area contributed by atoms with Crippen LogP contribution in [0.25, 0.3) is 5.57 Å². The highest BCUT2D eigenvalue weighted by Gasteiger charge is 2.59. The predicted octanol–water partition coefficient (Wildman–Crippen LogP) is 5.79. The van der Waals surface area contributed by atoms with Crippen molar-refractivity contribution in [1.29, 1.82) is 0 Å². The molecular weight excluding hydrogens is 436 g/mol. The lowest BCUT2D eigenvalue weighted by Crippen LogP contribution is -2.54. The molecule has 35 heavy (non-hydrogen) atoms. The molecule has 0 radical (unpaired) electrons. The molecule has 2 aliphatic rings. The number of phenols is 1. The van der Waals surface area contributed by atoms with Crippen LogP contribution < -0.4 is 4.74 Å². The van der Waals surface area contributed by atoms with Crippen LogP contribution >= 0.6 is 0 Å². The van der Waals surface area contributed by atoms with E-state index in [9.17, 15) is 14.7 Å². The Morgan fingerprint density at radius 2 is 1.69 bits per heavy atom. The lowest BCUT2D eigenvalue weighted by Gasteiger charge is -2.50. The molecule has 4 nitrogen and oxygen atoms in total. The molecule has 4 heteroatoms. The van der Waals surface area contributed by atoms with E-state index >= 15 is 0 Å². The second kappa shape index (κ2) is 8.88. The first-order chi connectivity index (χ1) is 17.0. The number of ether oxygens (including phenoxy) is 1. The minimum absolute atomic E-state index is 0.0539. The first kappa shape index (κ1) is 22.6. The minimum Gasteiger partial charge on any atom is -0.508 e. The van der Waals surface area contributed by atoms with Gasteiger partial charge in [-0.3, -0.25) is 9.59 Å². The van der Waals surface area contributed by atoms with Crippen molar-refractivity contribution < 1.29 is 19.4 Å². The molecule has 0 spiro atoms. The third kappa shape index (κ3) is 3.45. The Morgan fingerprint density at radius 1 is 1.00 bits per heavy atom. The molecular formula is C31H26O4. The van der Waals surface area contributed by atoms with Gasteiger partial charge in [0.15, 0.2) is 11.6 Å². The Morgan fingerprint density at radius 3 is 2.34 bits per heavy atom. The van der Waals surface area contributed by atoms with Crippen molar-refractivity contribution in [2.24, 2.45) is 5.92 Å². The first-order valence-electron chi connectivity index (χ1n) is 11.6. The van der Waals surface area contributed by atoms with E-state index in [0.717, 1.165) is 22.3 Å². The molecule has 174 valence electrons. The highest BCUT2D eigenvalue weighted by Crippen LogP contribution is 2.58. The number of aromatic hydroxyl groups is 1. The van der Waals surface area contributed by atoms with E-state index in [4.69, 9.17) is 4.74 Å². The van der Waals surface area contributed by atoms with Crippen molar-refractivity contribution in [3.05, 3.63) is 126 Å². The number of ketones is 2. The summed E-state index contributed by atoms with van der Waals surface area (Å²) in [6.45, 7) is 4.03. The van der Waals surface area contributed by atoms with Crippen molar-refractivity contribution >= 4 is 17.1 Å². The van der Waals surface area contributed by atoms with Gasteiger partial charge in [-0.25, -0.2) is 0 Å². The van der Waals surface area contributed by atoms with Crippen LogP contribution in [0.1, 0.15) is 29.0 Å². The summed E-state index contributed by atoms with van der Waals surface area (Å²) in [6.07, 6.45) is 5.70. The van der Waals surface area contributed by atoms with Gasteiger partial charge in [0.2, 0.25) is 0 Å². The predicted molar refractivity (Wildman–Crippen MR) is 136 cm³/mol. The number of rotatable bonds is 5. The quantitative estimate of drug-likeness (QED) is 0.521. The summed E-state index contributed by atoms with van der Waals surface area (Å²) in [5.74, 6) is -0.794. The zero-order chi connectivity index (χ0) is 24.6. The van der Waals surface area contributed by atoms with E-state index in [-0.39, 0.29) is 17.3 Å². The lowest BCUT2D eigenvalue weighted by molar-refractivity contribution is -0.131. The summed E-state index contributed by atoms with van der Waals surface area (Å²) in [6, 6.07) is 23.8. The second-order valence-electron chi connectivity index (χ2n) is 8.94. The Bertz CT molecular complexity index is 1370. The molecule has 0 aromatic heterocycles. The number of allylic oxidation sites excluding steroid dienone is 5. The molecule has 3 atom stereocenters. The van der Waals surface area contributed by atoms with Crippen LogP contribution in [0, 0.1) is 5.92 Å². The molecule has 2 aliphatic carbocycles. The molecule has 0 fully saturated rings. The van der Waals surface area contributed by atoms with Crippen LogP contribution in [0.15, 0.2) is 109 Å². The van der Waals surface area contributed by atoms with E-state index in [1.165, 1.54) is 13.2 Å². The molecule has 0 saturated heterocycles. The minimum atomic E-state index is -1.18. The summed E-state index contributed by atoms with van der Waals surface area (Å²) >= 11 is 0. The van der Waals surface area contributed by atoms with Gasteiger partial charge in [-0.1, -0.05) is 85.5 Å². The SMILES string of the molecule is C=CC1=CCC2C(=O)C(c3ccccc3)=CC(=O)C2(c2ccccc2)C1c1ccc(O)cc1OC. The van der Waals surface area contributed by atoms with Crippen LogP contribution in [0.5, 0.6) is 11.5 Å². The third-order valence-electron chi connectivity index (χ3n) is 7.29. The monoisotopic (exact) mass is 462 g/mol. The van der Waals surface area contributed by atoms with Crippen molar-refractivity contribution in [3.63, 3.8) is 0 Å². The third-order valence-corrected chi connectivity index (χ3v) is 7.29. The van der Waals surface area contributed by atoms with Gasteiger partial charge in [0.25, 0.3) is 0 Å². The average Bonchev–Trinajstić information content (AvgIpc) is 2.90. The second-order valence-corrected chi connectivity index (χ2v) is 8.94. The summed E-state index contributed by atoms with van der Waals surface area (Å²) in [4.78, 5) is 28.5. The average molecular weight is 463 g/mol. The molecule has 0 amide bonds. The van der Waals surface area contributed by atoms with Gasteiger partial charge in [0.1, 0.15) is 11.5 Å². The van der Waals surface area contributed by atoms with Crippen LogP contribution in [-0.2, 0) is 15.0 Å². The van der Waals surface area contributed by atoms with Gasteiger partial charge >= 0.3 is 0 Å². The molecule has 3 aromatic carbocycles. The fraction of sp³-hybridized carbons (Fsp3) is 0.161. The fourth-order valence-corrected chi connectivity index (χ4v) is 5.79. The maximum absolute atomic E-state index is 14.4. The summed E-state index contributed by atoms with van der Waals surface area (Å²) in [5.41, 5.74) is 2.36. The van der Waals surface area contributed by atoms with Gasteiger partial charge in [-0.05, 0) is 35.3 Å². The highest BCUT2D eigenvalue weighted by molar-refractivity contribution is 6.31. The maximum Gasteiger partial charge on any atom is 0.168 e. The van der Waals surface area contributed by atoms with Crippen molar-refractivity contribution in [1.82, 2.24) is 0 Å². The maximum atomic E-state index is 14.4. The summed E-state index contributed by atoms with van der Waals surface area (Å²) < 4.78 is 5.65. The summed E-state index contributed by atoms with van der Waals surface area (Å²) in [7, 11) is 1.53. The smallest absolute Gasteiger partial charge is 0.168 e. The van der Waals surface area contributed by atoms with Gasteiger partial charge in [-0.2, -0.15) is 0 Å². The molecule has 0 heterocycles. The van der Waals surface area contributed by atoms with Crippen LogP contribution in [0.2, 0.25) is 0 Å². The van der Waals surface area contributed by atoms with Crippen LogP contribution in [0.4, 0.5) is 0 Å². The number of methoxy groups -OCH3 is 1. The molecule has 5 rings (SSSR count). The number of hydrogen-bond acceptors (Lipinski definition) is 4. The zero-order valence-corrected chi connectivity index (χ0v) is 19.5. The Balaban J connectivity index is 1.83. The number of benzene rings is 3. The molecule has 0 saturated carbocycles. The van der Waals surface area contributed by atoms with Gasteiger partial charge in [0.05, 0.1) is 12.5 Å². The summed E-state index contributed by atoms with van der Waals surface area (Å²) in [5, 5.41) is 10.1. The zero-order valence-electron chi connectivity index (χ0n) is 19.5. The van der Waals surface area contributed by atoms with E-state index in [1.54, 1.807) is 24.3 Å². The van der Waals surface area contributed by atoms with Crippen molar-refractivity contribution in [2.75, 3.05) is 7.11 Å². The van der Waals surface area contributed by atoms with Gasteiger partial charge in [-0.15, -0.1) is 0 Å². The lowest BCUT2D eigenvalue weighted by atomic mass is 9.50. The number of hydrogen-bond donors (Lipinski definition) is 1. The van der Waals surface area contributed by atoms with Crippen molar-refractivity contribution in [3.8, 4) is 11.5 Å². The van der Waals surface area contributed by atoms with E-state index in [2.05, 4.69) is 6.58 Å². The Hall–Kier alpha value is -4.18. The largest absolute Gasteiger partial charge is 0.508 e. The van der Waals surface area contributed by atoms with E-state index in [0.29, 0.717) is 17.7 Å². The number of fused-ring (bicyclic) bond motifs is 1.